The van der Waals surface area contributed by atoms with E-state index >= 15 is 0 Å². The predicted octanol–water partition coefficient (Wildman–Crippen LogP) is -0.244. The van der Waals surface area contributed by atoms with E-state index in [1.165, 1.54) is 19.1 Å². The second kappa shape index (κ2) is 6.26. The van der Waals surface area contributed by atoms with E-state index < -0.39 is 22.0 Å². The number of hydrogen-bond acceptors (Lipinski definition) is 5. The van der Waals surface area contributed by atoms with Crippen molar-refractivity contribution in [3.05, 3.63) is 24.0 Å². The van der Waals surface area contributed by atoms with Crippen LogP contribution in [0.2, 0.25) is 0 Å². The monoisotopic (exact) mass is 282 g/mol. The summed E-state index contributed by atoms with van der Waals surface area (Å²) in [5.41, 5.74) is 0.121. The molecule has 1 atom stereocenters. The number of carbonyl (C=O) groups is 1. The standard InChI is InChI=1S/C11H14N4O3S/c1-3-13-11(16)8(2)15-19(17,18)10-5-4-9(6-12)14-7-10/h4-5,7-8,15H,3H2,1-2H3,(H,13,16). The van der Waals surface area contributed by atoms with Crippen LogP contribution in [0.3, 0.4) is 0 Å². The summed E-state index contributed by atoms with van der Waals surface area (Å²) < 4.78 is 26.1. The lowest BCUT2D eigenvalue weighted by Gasteiger charge is -2.13. The lowest BCUT2D eigenvalue weighted by Crippen LogP contribution is -2.44. The predicted molar refractivity (Wildman–Crippen MR) is 67.4 cm³/mol. The van der Waals surface area contributed by atoms with Crippen LogP contribution in [-0.2, 0) is 14.8 Å². The molecule has 0 saturated carbocycles. The Labute approximate surface area is 111 Å². The average Bonchev–Trinajstić information content (AvgIpc) is 2.38. The normalized spacial score (nSPS) is 12.5. The van der Waals surface area contributed by atoms with E-state index in [0.29, 0.717) is 6.54 Å². The van der Waals surface area contributed by atoms with Crippen molar-refractivity contribution in [3.63, 3.8) is 0 Å². The molecule has 0 aromatic carbocycles. The summed E-state index contributed by atoms with van der Waals surface area (Å²) in [5, 5.41) is 11.1. The van der Waals surface area contributed by atoms with Gasteiger partial charge in [-0.1, -0.05) is 0 Å². The number of sulfonamides is 1. The summed E-state index contributed by atoms with van der Waals surface area (Å²) in [4.78, 5) is 15.0. The van der Waals surface area contributed by atoms with Crippen molar-refractivity contribution < 1.29 is 13.2 Å². The smallest absolute Gasteiger partial charge is 0.242 e. The molecule has 0 spiro atoms. The lowest BCUT2D eigenvalue weighted by atomic mass is 10.3. The number of nitrogens with one attached hydrogen (secondary N) is 2. The molecule has 1 aromatic rings. The summed E-state index contributed by atoms with van der Waals surface area (Å²) in [7, 11) is -3.83. The van der Waals surface area contributed by atoms with E-state index in [1.54, 1.807) is 13.0 Å². The molecule has 1 aromatic heterocycles. The Morgan fingerprint density at radius 2 is 2.21 bits per heavy atom. The second-order valence-electron chi connectivity index (χ2n) is 3.73. The van der Waals surface area contributed by atoms with Crippen LogP contribution in [0.15, 0.2) is 23.2 Å². The molecule has 0 radical (unpaired) electrons. The molecule has 0 aliphatic carbocycles. The Morgan fingerprint density at radius 3 is 2.68 bits per heavy atom. The number of nitriles is 1. The first-order valence-corrected chi connectivity index (χ1v) is 7.05. The summed E-state index contributed by atoms with van der Waals surface area (Å²) in [6.45, 7) is 3.60. The number of carbonyl (C=O) groups excluding carboxylic acids is 1. The molecule has 0 aliphatic heterocycles. The summed E-state index contributed by atoms with van der Waals surface area (Å²) in [6.07, 6.45) is 1.07. The first-order chi connectivity index (χ1) is 8.90. The van der Waals surface area contributed by atoms with Crippen molar-refractivity contribution in [2.45, 2.75) is 24.8 Å². The Kier molecular flexibility index (Phi) is 4.97. The molecule has 7 nitrogen and oxygen atoms in total. The van der Waals surface area contributed by atoms with Crippen LogP contribution in [0.5, 0.6) is 0 Å². The van der Waals surface area contributed by atoms with Gasteiger partial charge in [0.05, 0.1) is 6.04 Å². The molecule has 0 fully saturated rings. The van der Waals surface area contributed by atoms with Gasteiger partial charge in [0.2, 0.25) is 15.9 Å². The van der Waals surface area contributed by atoms with Gasteiger partial charge in [0, 0.05) is 12.7 Å². The quantitative estimate of drug-likeness (QED) is 0.773. The van der Waals surface area contributed by atoms with Crippen LogP contribution in [0.1, 0.15) is 19.5 Å². The molecule has 1 rings (SSSR count). The number of aromatic nitrogens is 1. The minimum absolute atomic E-state index is 0.0948. The van der Waals surface area contributed by atoms with Gasteiger partial charge in [0.15, 0.2) is 0 Å². The van der Waals surface area contributed by atoms with Gasteiger partial charge < -0.3 is 5.32 Å². The van der Waals surface area contributed by atoms with Crippen molar-refractivity contribution >= 4 is 15.9 Å². The number of rotatable bonds is 5. The van der Waals surface area contributed by atoms with Gasteiger partial charge in [-0.15, -0.1) is 0 Å². The third-order valence-corrected chi connectivity index (χ3v) is 3.76. The van der Waals surface area contributed by atoms with Crippen molar-refractivity contribution in [1.82, 2.24) is 15.0 Å². The number of nitrogens with zero attached hydrogens (tertiary/aromatic N) is 2. The van der Waals surface area contributed by atoms with Crippen LogP contribution in [0, 0.1) is 11.3 Å². The van der Waals surface area contributed by atoms with Crippen LogP contribution in [-0.4, -0.2) is 31.9 Å². The van der Waals surface area contributed by atoms with E-state index in [1.807, 2.05) is 0 Å². The molecule has 2 N–H and O–H groups in total. The second-order valence-corrected chi connectivity index (χ2v) is 5.44. The van der Waals surface area contributed by atoms with Crippen molar-refractivity contribution in [3.8, 4) is 6.07 Å². The molecule has 102 valence electrons. The molecule has 1 heterocycles. The van der Waals surface area contributed by atoms with Crippen LogP contribution in [0.25, 0.3) is 0 Å². The molecule has 1 unspecified atom stereocenters. The first kappa shape index (κ1) is 15.1. The number of likely N-dealkylation sites (N-methyl/N-ethyl adjacent to an activating group) is 1. The number of pyridine rings is 1. The maximum atomic E-state index is 11.9. The van der Waals surface area contributed by atoms with Crippen molar-refractivity contribution in [1.29, 1.82) is 5.26 Å². The minimum atomic E-state index is -3.83. The van der Waals surface area contributed by atoms with Gasteiger partial charge in [-0.25, -0.2) is 13.4 Å². The lowest BCUT2D eigenvalue weighted by molar-refractivity contribution is -0.122. The van der Waals surface area contributed by atoms with E-state index in [-0.39, 0.29) is 10.6 Å². The molecular weight excluding hydrogens is 268 g/mol. The third kappa shape index (κ3) is 4.01. The minimum Gasteiger partial charge on any atom is -0.355 e. The Morgan fingerprint density at radius 1 is 1.53 bits per heavy atom. The van der Waals surface area contributed by atoms with E-state index in [9.17, 15) is 13.2 Å². The van der Waals surface area contributed by atoms with Gasteiger partial charge in [0.25, 0.3) is 0 Å². The highest BCUT2D eigenvalue weighted by atomic mass is 32.2. The van der Waals surface area contributed by atoms with E-state index in [0.717, 1.165) is 6.20 Å². The molecular formula is C11H14N4O3S. The van der Waals surface area contributed by atoms with Crippen LogP contribution >= 0.6 is 0 Å². The van der Waals surface area contributed by atoms with Gasteiger partial charge in [-0.05, 0) is 26.0 Å². The van der Waals surface area contributed by atoms with Gasteiger partial charge in [-0.2, -0.15) is 9.98 Å². The summed E-state index contributed by atoms with van der Waals surface area (Å²) in [5.74, 6) is -0.410. The SMILES string of the molecule is CCNC(=O)C(C)NS(=O)(=O)c1ccc(C#N)nc1. The zero-order valence-electron chi connectivity index (χ0n) is 10.5. The molecule has 0 saturated heterocycles. The average molecular weight is 282 g/mol. The Bertz CT molecular complexity index is 589. The number of hydrogen-bond donors (Lipinski definition) is 2. The first-order valence-electron chi connectivity index (χ1n) is 5.57. The van der Waals surface area contributed by atoms with Gasteiger partial charge in [-0.3, -0.25) is 4.79 Å². The topological polar surface area (TPSA) is 112 Å². The fourth-order valence-corrected chi connectivity index (χ4v) is 2.43. The fraction of sp³-hybridized carbons (Fsp3) is 0.364. The maximum absolute atomic E-state index is 11.9. The molecule has 0 bridgehead atoms. The fourth-order valence-electron chi connectivity index (χ4n) is 1.29. The molecule has 1 amide bonds. The highest BCUT2D eigenvalue weighted by Crippen LogP contribution is 2.08. The Hall–Kier alpha value is -1.98. The van der Waals surface area contributed by atoms with Gasteiger partial charge in [0.1, 0.15) is 16.7 Å². The largest absolute Gasteiger partial charge is 0.355 e. The third-order valence-electron chi connectivity index (χ3n) is 2.24. The Balaban J connectivity index is 2.86. The summed E-state index contributed by atoms with van der Waals surface area (Å²) in [6, 6.07) is 3.46. The van der Waals surface area contributed by atoms with Crippen LogP contribution < -0.4 is 10.0 Å². The molecule has 19 heavy (non-hydrogen) atoms. The summed E-state index contributed by atoms with van der Waals surface area (Å²) >= 11 is 0. The zero-order chi connectivity index (χ0) is 14.5. The molecule has 8 heteroatoms. The maximum Gasteiger partial charge on any atom is 0.242 e. The van der Waals surface area contributed by atoms with Crippen LogP contribution in [0.4, 0.5) is 0 Å². The highest BCUT2D eigenvalue weighted by Gasteiger charge is 2.21. The zero-order valence-corrected chi connectivity index (χ0v) is 11.4. The number of amides is 1. The molecule has 0 aliphatic rings. The van der Waals surface area contributed by atoms with Gasteiger partial charge >= 0.3 is 0 Å². The van der Waals surface area contributed by atoms with Crippen molar-refractivity contribution in [2.24, 2.45) is 0 Å². The van der Waals surface area contributed by atoms with E-state index in [2.05, 4.69) is 15.0 Å². The highest BCUT2D eigenvalue weighted by molar-refractivity contribution is 7.89. The van der Waals surface area contributed by atoms with Crippen molar-refractivity contribution in [2.75, 3.05) is 6.54 Å². The van der Waals surface area contributed by atoms with E-state index in [4.69, 9.17) is 5.26 Å².